The van der Waals surface area contributed by atoms with Crippen molar-refractivity contribution in [3.63, 3.8) is 0 Å². The molecule has 4 rings (SSSR count). The maximum atomic E-state index is 13.1. The molecule has 0 spiro atoms. The topological polar surface area (TPSA) is 104 Å². The number of carbonyl (C=O) groups excluding carboxylic acids is 1. The zero-order chi connectivity index (χ0) is 23.5. The molecule has 8 heteroatoms. The summed E-state index contributed by atoms with van der Waals surface area (Å²) >= 11 is 0. The molecule has 0 atom stereocenters. The van der Waals surface area contributed by atoms with Crippen LogP contribution in [0, 0.1) is 13.8 Å². The van der Waals surface area contributed by atoms with Crippen LogP contribution in [0.15, 0.2) is 41.6 Å². The Kier molecular flexibility index (Phi) is 6.53. The number of hydrogen-bond acceptors (Lipinski definition) is 6. The standard InChI is InChI=1S/C25H30N6O2/c1-15(2)28-25-27-14-20(18-5-9-26-10-6-18)22(30-25)19-7-11-31(12-8-19)24(33)21-16(3)13-17(4)29-23(21)32/h5-6,9-10,13-15,19H,7-8,11-12H2,1-4H3,(H,29,32)(H,27,28,30). The van der Waals surface area contributed by atoms with Crippen molar-refractivity contribution in [2.75, 3.05) is 18.4 Å². The largest absolute Gasteiger partial charge is 0.352 e. The maximum absolute atomic E-state index is 13.1. The molecule has 1 saturated heterocycles. The van der Waals surface area contributed by atoms with Gasteiger partial charge in [0.25, 0.3) is 11.5 Å². The normalized spacial score (nSPS) is 14.5. The Labute approximate surface area is 193 Å². The molecule has 3 aromatic heterocycles. The molecule has 1 amide bonds. The molecule has 0 bridgehead atoms. The lowest BCUT2D eigenvalue weighted by atomic mass is 9.89. The monoisotopic (exact) mass is 446 g/mol. The van der Waals surface area contributed by atoms with Crippen LogP contribution in [0.5, 0.6) is 0 Å². The Balaban J connectivity index is 1.58. The number of amides is 1. The SMILES string of the molecule is Cc1cc(C)c(C(=O)N2CCC(c3nc(NC(C)C)ncc3-c3ccncc3)CC2)c(=O)[nH]1. The number of carbonyl (C=O) groups is 1. The van der Waals surface area contributed by atoms with Gasteiger partial charge in [-0.25, -0.2) is 9.97 Å². The minimum absolute atomic E-state index is 0.185. The average Bonchev–Trinajstić information content (AvgIpc) is 2.78. The van der Waals surface area contributed by atoms with Gasteiger partial charge >= 0.3 is 0 Å². The van der Waals surface area contributed by atoms with Crippen LogP contribution in [0.25, 0.3) is 11.1 Å². The molecule has 1 aliphatic heterocycles. The molecule has 4 heterocycles. The minimum Gasteiger partial charge on any atom is -0.352 e. The summed E-state index contributed by atoms with van der Waals surface area (Å²) in [7, 11) is 0. The van der Waals surface area contributed by atoms with E-state index in [1.807, 2.05) is 38.2 Å². The van der Waals surface area contributed by atoms with E-state index in [4.69, 9.17) is 4.98 Å². The van der Waals surface area contributed by atoms with E-state index in [2.05, 4.69) is 34.1 Å². The first-order valence-electron chi connectivity index (χ1n) is 11.4. The Hall–Kier alpha value is -3.55. The van der Waals surface area contributed by atoms with Crippen molar-refractivity contribution < 1.29 is 4.79 Å². The van der Waals surface area contributed by atoms with E-state index >= 15 is 0 Å². The van der Waals surface area contributed by atoms with E-state index in [0.717, 1.165) is 35.4 Å². The van der Waals surface area contributed by atoms with E-state index in [1.165, 1.54) is 0 Å². The summed E-state index contributed by atoms with van der Waals surface area (Å²) in [4.78, 5) is 43.6. The predicted octanol–water partition coefficient (Wildman–Crippen LogP) is 3.68. The molecule has 0 radical (unpaired) electrons. The highest BCUT2D eigenvalue weighted by molar-refractivity contribution is 5.95. The van der Waals surface area contributed by atoms with Gasteiger partial charge in [0.1, 0.15) is 5.56 Å². The molecule has 3 aromatic rings. The minimum atomic E-state index is -0.320. The first-order chi connectivity index (χ1) is 15.8. The van der Waals surface area contributed by atoms with Crippen LogP contribution in [-0.4, -0.2) is 49.9 Å². The molecule has 0 aromatic carbocycles. The van der Waals surface area contributed by atoms with Gasteiger partial charge in [-0.2, -0.15) is 0 Å². The van der Waals surface area contributed by atoms with E-state index in [9.17, 15) is 9.59 Å². The number of likely N-dealkylation sites (tertiary alicyclic amines) is 1. The third kappa shape index (κ3) is 4.94. The molecular formula is C25H30N6O2. The van der Waals surface area contributed by atoms with Crippen LogP contribution < -0.4 is 10.9 Å². The summed E-state index contributed by atoms with van der Waals surface area (Å²) in [6.45, 7) is 8.88. The molecule has 172 valence electrons. The quantitative estimate of drug-likeness (QED) is 0.620. The molecule has 0 saturated carbocycles. The highest BCUT2D eigenvalue weighted by Crippen LogP contribution is 2.34. The number of hydrogen-bond donors (Lipinski definition) is 2. The first kappa shape index (κ1) is 22.6. The van der Waals surface area contributed by atoms with E-state index in [1.54, 1.807) is 17.3 Å². The number of rotatable bonds is 5. The summed E-state index contributed by atoms with van der Waals surface area (Å²) in [6.07, 6.45) is 6.94. The van der Waals surface area contributed by atoms with Crippen molar-refractivity contribution in [2.24, 2.45) is 0 Å². The van der Waals surface area contributed by atoms with Crippen molar-refractivity contribution >= 4 is 11.9 Å². The van der Waals surface area contributed by atoms with Crippen LogP contribution >= 0.6 is 0 Å². The number of anilines is 1. The maximum Gasteiger partial charge on any atom is 0.261 e. The Morgan fingerprint density at radius 2 is 1.88 bits per heavy atom. The third-order valence-corrected chi connectivity index (χ3v) is 5.98. The number of H-pyrrole nitrogens is 1. The second-order valence-electron chi connectivity index (χ2n) is 8.93. The van der Waals surface area contributed by atoms with Gasteiger partial charge in [-0.1, -0.05) is 0 Å². The Bertz CT molecular complexity index is 1200. The van der Waals surface area contributed by atoms with Gasteiger partial charge in [-0.05, 0) is 69.9 Å². The lowest BCUT2D eigenvalue weighted by molar-refractivity contribution is 0.0709. The van der Waals surface area contributed by atoms with Crippen LogP contribution in [0.2, 0.25) is 0 Å². The van der Waals surface area contributed by atoms with Crippen molar-refractivity contribution in [1.29, 1.82) is 0 Å². The van der Waals surface area contributed by atoms with E-state index in [0.29, 0.717) is 24.6 Å². The molecule has 33 heavy (non-hydrogen) atoms. The summed E-state index contributed by atoms with van der Waals surface area (Å²) in [5, 5.41) is 3.29. The smallest absolute Gasteiger partial charge is 0.261 e. The van der Waals surface area contributed by atoms with Gasteiger partial charge < -0.3 is 15.2 Å². The number of piperidine rings is 1. The molecule has 1 fully saturated rings. The molecule has 1 aliphatic rings. The van der Waals surface area contributed by atoms with Crippen molar-refractivity contribution in [1.82, 2.24) is 24.8 Å². The molecule has 0 unspecified atom stereocenters. The second kappa shape index (κ2) is 9.52. The first-order valence-corrected chi connectivity index (χ1v) is 11.4. The molecule has 8 nitrogen and oxygen atoms in total. The number of aromatic amines is 1. The fourth-order valence-corrected chi connectivity index (χ4v) is 4.42. The van der Waals surface area contributed by atoms with Gasteiger partial charge in [-0.3, -0.25) is 14.6 Å². The average molecular weight is 447 g/mol. The number of nitrogens with zero attached hydrogens (tertiary/aromatic N) is 4. The van der Waals surface area contributed by atoms with Gasteiger partial charge in [0.15, 0.2) is 0 Å². The summed E-state index contributed by atoms with van der Waals surface area (Å²) in [5.74, 6) is 0.592. The number of nitrogens with one attached hydrogen (secondary N) is 2. The zero-order valence-electron chi connectivity index (χ0n) is 19.6. The number of pyridine rings is 2. The van der Waals surface area contributed by atoms with E-state index in [-0.39, 0.29) is 29.0 Å². The van der Waals surface area contributed by atoms with Gasteiger partial charge in [0.2, 0.25) is 5.95 Å². The van der Waals surface area contributed by atoms with Crippen LogP contribution in [0.3, 0.4) is 0 Å². The van der Waals surface area contributed by atoms with Gasteiger partial charge in [0.05, 0.1) is 5.69 Å². The van der Waals surface area contributed by atoms with Crippen molar-refractivity contribution in [3.05, 3.63) is 69.7 Å². The highest BCUT2D eigenvalue weighted by Gasteiger charge is 2.29. The summed E-state index contributed by atoms with van der Waals surface area (Å²) < 4.78 is 0. The lowest BCUT2D eigenvalue weighted by Crippen LogP contribution is -2.41. The van der Waals surface area contributed by atoms with Crippen LogP contribution in [-0.2, 0) is 0 Å². The Morgan fingerprint density at radius 3 is 2.52 bits per heavy atom. The van der Waals surface area contributed by atoms with Crippen molar-refractivity contribution in [2.45, 2.75) is 52.5 Å². The molecule has 2 N–H and O–H groups in total. The second-order valence-corrected chi connectivity index (χ2v) is 8.93. The van der Waals surface area contributed by atoms with Crippen LogP contribution in [0.1, 0.15) is 59.9 Å². The fraction of sp³-hybridized carbons (Fsp3) is 0.400. The fourth-order valence-electron chi connectivity index (χ4n) is 4.42. The summed E-state index contributed by atoms with van der Waals surface area (Å²) in [6, 6.07) is 5.98. The Morgan fingerprint density at radius 1 is 1.18 bits per heavy atom. The van der Waals surface area contributed by atoms with Crippen LogP contribution in [0.4, 0.5) is 5.95 Å². The van der Waals surface area contributed by atoms with Gasteiger partial charge in [-0.15, -0.1) is 0 Å². The lowest BCUT2D eigenvalue weighted by Gasteiger charge is -2.32. The van der Waals surface area contributed by atoms with Crippen molar-refractivity contribution in [3.8, 4) is 11.1 Å². The van der Waals surface area contributed by atoms with E-state index < -0.39 is 0 Å². The third-order valence-electron chi connectivity index (χ3n) is 5.98. The predicted molar refractivity (Wildman–Crippen MR) is 128 cm³/mol. The summed E-state index contributed by atoms with van der Waals surface area (Å²) in [5.41, 5.74) is 4.38. The highest BCUT2D eigenvalue weighted by atomic mass is 16.2. The number of aryl methyl sites for hydroxylation is 2. The van der Waals surface area contributed by atoms with Gasteiger partial charge in [0, 0.05) is 54.9 Å². The molecule has 0 aliphatic carbocycles. The number of aromatic nitrogens is 4. The molecular weight excluding hydrogens is 416 g/mol. The zero-order valence-corrected chi connectivity index (χ0v) is 19.6.